The Hall–Kier alpha value is -1.03. The Labute approximate surface area is 65.1 Å². The van der Waals surface area contributed by atoms with E-state index < -0.39 is 12.2 Å². The highest BCUT2D eigenvalue weighted by molar-refractivity contribution is 5.68. The summed E-state index contributed by atoms with van der Waals surface area (Å²) in [6.07, 6.45) is 3.08. The maximum absolute atomic E-state index is 10.9. The predicted octanol–water partition coefficient (Wildman–Crippen LogP) is 0.333. The van der Waals surface area contributed by atoms with Gasteiger partial charge in [-0.3, -0.25) is 4.90 Å². The van der Waals surface area contributed by atoms with Crippen molar-refractivity contribution in [2.45, 2.75) is 12.5 Å². The second kappa shape index (κ2) is 3.39. The van der Waals surface area contributed by atoms with Gasteiger partial charge in [-0.2, -0.15) is 0 Å². The van der Waals surface area contributed by atoms with Crippen molar-refractivity contribution >= 4 is 6.09 Å². The van der Waals surface area contributed by atoms with E-state index in [1.807, 2.05) is 0 Å². The summed E-state index contributed by atoms with van der Waals surface area (Å²) in [6, 6.07) is 0. The molecule has 1 rings (SSSR count). The van der Waals surface area contributed by atoms with Gasteiger partial charge in [-0.25, -0.2) is 4.79 Å². The molecule has 0 aromatic rings. The van der Waals surface area contributed by atoms with E-state index in [1.165, 1.54) is 12.0 Å². The third kappa shape index (κ3) is 1.94. The highest BCUT2D eigenvalue weighted by atomic mass is 16.5. The molecule has 0 aromatic heterocycles. The largest absolute Gasteiger partial charge is 0.452 e. The summed E-state index contributed by atoms with van der Waals surface area (Å²) in [5, 5.41) is 9.12. The Morgan fingerprint density at radius 2 is 2.55 bits per heavy atom. The van der Waals surface area contributed by atoms with Gasteiger partial charge in [0.05, 0.1) is 19.8 Å². The van der Waals surface area contributed by atoms with Crippen LogP contribution in [0.2, 0.25) is 0 Å². The zero-order valence-electron chi connectivity index (χ0n) is 6.36. The van der Waals surface area contributed by atoms with Crippen molar-refractivity contribution in [2.24, 2.45) is 0 Å². The molecule has 62 valence electrons. The fourth-order valence-electron chi connectivity index (χ4n) is 0.960. The number of hydrogen-bond acceptors (Lipinski definition) is 3. The van der Waals surface area contributed by atoms with Crippen LogP contribution in [0.25, 0.3) is 0 Å². The maximum Gasteiger partial charge on any atom is 0.413 e. The summed E-state index contributed by atoms with van der Waals surface area (Å²) in [6.45, 7) is 0.323. The molecule has 1 aliphatic heterocycles. The zero-order chi connectivity index (χ0) is 8.27. The fraction of sp³-hybridized carbons (Fsp3) is 0.571. The average Bonchev–Trinajstić information content (AvgIpc) is 2.03. The Bertz CT molecular complexity index is 179. The van der Waals surface area contributed by atoms with Crippen molar-refractivity contribution in [3.05, 3.63) is 12.3 Å². The average molecular weight is 157 g/mol. The minimum absolute atomic E-state index is 0.323. The normalized spacial score (nSPS) is 23.5. The van der Waals surface area contributed by atoms with E-state index in [0.717, 1.165) is 0 Å². The highest BCUT2D eigenvalue weighted by Gasteiger charge is 2.17. The molecule has 1 atom stereocenters. The third-order valence-corrected chi connectivity index (χ3v) is 1.51. The number of nitrogens with zero attached hydrogens (tertiary/aromatic N) is 1. The van der Waals surface area contributed by atoms with Crippen LogP contribution in [0.1, 0.15) is 6.42 Å². The van der Waals surface area contributed by atoms with Crippen LogP contribution in [-0.2, 0) is 4.74 Å². The molecule has 1 heterocycles. The van der Waals surface area contributed by atoms with Crippen LogP contribution in [0.4, 0.5) is 4.79 Å². The van der Waals surface area contributed by atoms with Gasteiger partial charge in [0.1, 0.15) is 0 Å². The minimum Gasteiger partial charge on any atom is -0.452 e. The van der Waals surface area contributed by atoms with Crippen molar-refractivity contribution in [3.8, 4) is 0 Å². The van der Waals surface area contributed by atoms with Gasteiger partial charge in [-0.1, -0.05) is 6.08 Å². The quantitative estimate of drug-likeness (QED) is 0.551. The molecule has 0 radical (unpaired) electrons. The summed E-state index contributed by atoms with van der Waals surface area (Å²) in [5.74, 6) is 0. The van der Waals surface area contributed by atoms with E-state index in [0.29, 0.717) is 13.0 Å². The molecular formula is C7H11NO3. The molecular weight excluding hydrogens is 146 g/mol. The minimum atomic E-state index is -0.459. The molecule has 1 N–H and O–H groups in total. The Morgan fingerprint density at radius 3 is 3.09 bits per heavy atom. The molecule has 0 aromatic carbocycles. The standard InChI is InChI=1S/C7H11NO3/c1-11-7(10)8-4-2-3-6(9)5-8/h2,4,6,9H,3,5H2,1H3/t6-/m0/s1. The van der Waals surface area contributed by atoms with Crippen molar-refractivity contribution in [1.29, 1.82) is 0 Å². The number of carbonyl (C=O) groups is 1. The van der Waals surface area contributed by atoms with Gasteiger partial charge in [0, 0.05) is 6.20 Å². The smallest absolute Gasteiger partial charge is 0.413 e. The number of carbonyl (C=O) groups excluding carboxylic acids is 1. The van der Waals surface area contributed by atoms with Gasteiger partial charge in [-0.15, -0.1) is 0 Å². The molecule has 0 fully saturated rings. The topological polar surface area (TPSA) is 49.8 Å². The first-order chi connectivity index (χ1) is 5.24. The van der Waals surface area contributed by atoms with Crippen LogP contribution in [-0.4, -0.2) is 35.9 Å². The van der Waals surface area contributed by atoms with Crippen molar-refractivity contribution in [3.63, 3.8) is 0 Å². The molecule has 0 saturated carbocycles. The van der Waals surface area contributed by atoms with Gasteiger partial charge in [-0.05, 0) is 6.42 Å². The molecule has 1 amide bonds. The Balaban J connectivity index is 2.52. The van der Waals surface area contributed by atoms with Gasteiger partial charge >= 0.3 is 6.09 Å². The molecule has 0 bridgehead atoms. The van der Waals surface area contributed by atoms with E-state index >= 15 is 0 Å². The third-order valence-electron chi connectivity index (χ3n) is 1.51. The molecule has 4 nitrogen and oxygen atoms in total. The molecule has 4 heteroatoms. The number of aliphatic hydroxyl groups is 1. The van der Waals surface area contributed by atoms with Gasteiger partial charge in [0.2, 0.25) is 0 Å². The SMILES string of the molecule is COC(=O)N1C=CC[C@H](O)C1. The summed E-state index contributed by atoms with van der Waals surface area (Å²) in [5.41, 5.74) is 0. The highest BCUT2D eigenvalue weighted by Crippen LogP contribution is 2.07. The lowest BCUT2D eigenvalue weighted by atomic mass is 10.2. The fourth-order valence-corrected chi connectivity index (χ4v) is 0.960. The lowest BCUT2D eigenvalue weighted by Gasteiger charge is -2.23. The first-order valence-corrected chi connectivity index (χ1v) is 3.43. The first kappa shape index (κ1) is 8.07. The Morgan fingerprint density at radius 1 is 1.82 bits per heavy atom. The van der Waals surface area contributed by atoms with E-state index in [9.17, 15) is 4.79 Å². The van der Waals surface area contributed by atoms with Crippen molar-refractivity contribution in [1.82, 2.24) is 4.90 Å². The second-order valence-corrected chi connectivity index (χ2v) is 2.40. The van der Waals surface area contributed by atoms with Crippen LogP contribution in [0.15, 0.2) is 12.3 Å². The van der Waals surface area contributed by atoms with E-state index in [1.54, 1.807) is 12.3 Å². The predicted molar refractivity (Wildman–Crippen MR) is 38.9 cm³/mol. The monoisotopic (exact) mass is 157 g/mol. The molecule has 0 aliphatic carbocycles. The molecule has 0 spiro atoms. The van der Waals surface area contributed by atoms with E-state index in [4.69, 9.17) is 5.11 Å². The van der Waals surface area contributed by atoms with Crippen LogP contribution in [0.5, 0.6) is 0 Å². The number of methoxy groups -OCH3 is 1. The number of amides is 1. The van der Waals surface area contributed by atoms with Crippen LogP contribution in [0, 0.1) is 0 Å². The Kier molecular flexibility index (Phi) is 2.48. The molecule has 0 saturated heterocycles. The zero-order valence-corrected chi connectivity index (χ0v) is 6.36. The first-order valence-electron chi connectivity index (χ1n) is 3.43. The number of hydrogen-bond donors (Lipinski definition) is 1. The van der Waals surface area contributed by atoms with Gasteiger partial charge < -0.3 is 9.84 Å². The van der Waals surface area contributed by atoms with Crippen molar-refractivity contribution in [2.75, 3.05) is 13.7 Å². The van der Waals surface area contributed by atoms with Crippen LogP contribution >= 0.6 is 0 Å². The van der Waals surface area contributed by atoms with Gasteiger partial charge in [0.25, 0.3) is 0 Å². The number of rotatable bonds is 0. The van der Waals surface area contributed by atoms with Crippen LogP contribution < -0.4 is 0 Å². The number of ether oxygens (including phenoxy) is 1. The van der Waals surface area contributed by atoms with E-state index in [-0.39, 0.29) is 0 Å². The van der Waals surface area contributed by atoms with E-state index in [2.05, 4.69) is 4.74 Å². The maximum atomic E-state index is 10.9. The molecule has 0 unspecified atom stereocenters. The molecule has 1 aliphatic rings. The summed E-state index contributed by atoms with van der Waals surface area (Å²) in [4.78, 5) is 12.2. The van der Waals surface area contributed by atoms with Gasteiger partial charge in [0.15, 0.2) is 0 Å². The summed E-state index contributed by atoms with van der Waals surface area (Å²) >= 11 is 0. The van der Waals surface area contributed by atoms with Crippen LogP contribution in [0.3, 0.4) is 0 Å². The second-order valence-electron chi connectivity index (χ2n) is 2.40. The summed E-state index contributed by atoms with van der Waals surface area (Å²) in [7, 11) is 1.32. The lowest BCUT2D eigenvalue weighted by molar-refractivity contribution is 0.0986. The molecule has 11 heavy (non-hydrogen) atoms. The lowest BCUT2D eigenvalue weighted by Crippen LogP contribution is -2.35. The number of aliphatic hydroxyl groups excluding tert-OH is 1. The number of β-amino-alcohol motifs (C(OH)–C–C–N with tert-alkyl or cyclic N) is 1. The van der Waals surface area contributed by atoms with Crippen molar-refractivity contribution < 1.29 is 14.6 Å². The summed E-state index contributed by atoms with van der Waals surface area (Å²) < 4.78 is 4.46.